The van der Waals surface area contributed by atoms with Crippen LogP contribution in [0.25, 0.3) is 0 Å². The second kappa shape index (κ2) is 9.54. The van der Waals surface area contributed by atoms with Gasteiger partial charge in [0.2, 0.25) is 0 Å². The Hall–Kier alpha value is -3.52. The maximum absolute atomic E-state index is 13.4. The van der Waals surface area contributed by atoms with E-state index >= 15 is 0 Å². The lowest BCUT2D eigenvalue weighted by Gasteiger charge is -2.27. The molecular weight excluding hydrogens is 440 g/mol. The molecule has 3 aromatic carbocycles. The first-order valence-corrected chi connectivity index (χ1v) is 12.1. The van der Waals surface area contributed by atoms with Crippen LogP contribution < -0.4 is 14.2 Å². The van der Waals surface area contributed by atoms with Crippen molar-refractivity contribution in [1.82, 2.24) is 4.90 Å². The highest BCUT2D eigenvalue weighted by Gasteiger charge is 2.33. The van der Waals surface area contributed by atoms with Crippen molar-refractivity contribution in [2.75, 3.05) is 25.5 Å². The van der Waals surface area contributed by atoms with E-state index in [1.807, 2.05) is 23.1 Å². The summed E-state index contributed by atoms with van der Waals surface area (Å²) in [5.74, 6) is 1.23. The molecule has 1 fully saturated rings. The Morgan fingerprint density at radius 1 is 0.970 bits per heavy atom. The lowest BCUT2D eigenvalue weighted by molar-refractivity contribution is 0.0734. The first-order valence-electron chi connectivity index (χ1n) is 10.6. The first kappa shape index (κ1) is 22.7. The van der Waals surface area contributed by atoms with E-state index < -0.39 is 10.0 Å². The highest BCUT2D eigenvalue weighted by atomic mass is 32.2. The van der Waals surface area contributed by atoms with Crippen molar-refractivity contribution in [2.45, 2.75) is 23.8 Å². The van der Waals surface area contributed by atoms with Crippen molar-refractivity contribution in [2.24, 2.45) is 0 Å². The number of amides is 1. The normalized spacial score (nSPS) is 15.8. The molecular formula is C25H26N2O5S. The molecule has 0 saturated carbocycles. The van der Waals surface area contributed by atoms with Gasteiger partial charge in [-0.2, -0.15) is 0 Å². The van der Waals surface area contributed by atoms with Crippen molar-refractivity contribution in [3.05, 3.63) is 83.9 Å². The molecule has 1 saturated heterocycles. The Kier molecular flexibility index (Phi) is 6.55. The van der Waals surface area contributed by atoms with Crippen molar-refractivity contribution < 1.29 is 22.7 Å². The second-order valence-corrected chi connectivity index (χ2v) is 9.45. The number of likely N-dealkylation sites (tertiary alicyclic amines) is 1. The van der Waals surface area contributed by atoms with Gasteiger partial charge >= 0.3 is 0 Å². The molecule has 1 heterocycles. The molecule has 1 aliphatic heterocycles. The molecule has 0 bridgehead atoms. The smallest absolute Gasteiger partial charge is 0.261 e. The number of hydrogen-bond acceptors (Lipinski definition) is 5. The van der Waals surface area contributed by atoms with Gasteiger partial charge in [-0.1, -0.05) is 24.3 Å². The Labute approximate surface area is 194 Å². The van der Waals surface area contributed by atoms with E-state index in [1.165, 1.54) is 12.1 Å². The van der Waals surface area contributed by atoms with Gasteiger partial charge in [-0.05, 0) is 61.4 Å². The van der Waals surface area contributed by atoms with Gasteiger partial charge in [0.1, 0.15) is 11.5 Å². The Morgan fingerprint density at radius 2 is 1.76 bits per heavy atom. The molecule has 4 rings (SSSR count). The number of ether oxygens (including phenoxy) is 2. The van der Waals surface area contributed by atoms with E-state index in [9.17, 15) is 13.2 Å². The summed E-state index contributed by atoms with van der Waals surface area (Å²) >= 11 is 0. The van der Waals surface area contributed by atoms with Crippen molar-refractivity contribution in [1.29, 1.82) is 0 Å². The predicted molar refractivity (Wildman–Crippen MR) is 126 cm³/mol. The van der Waals surface area contributed by atoms with Gasteiger partial charge in [-0.15, -0.1) is 0 Å². The topological polar surface area (TPSA) is 84.9 Å². The zero-order valence-corrected chi connectivity index (χ0v) is 19.3. The summed E-state index contributed by atoms with van der Waals surface area (Å²) in [6.07, 6.45) is 1.66. The number of sulfonamides is 1. The third kappa shape index (κ3) is 4.80. The number of benzene rings is 3. The lowest BCUT2D eigenvalue weighted by atomic mass is 10.0. The maximum atomic E-state index is 13.4. The van der Waals surface area contributed by atoms with E-state index in [0.717, 1.165) is 18.4 Å². The van der Waals surface area contributed by atoms with E-state index in [4.69, 9.17) is 9.47 Å². The summed E-state index contributed by atoms with van der Waals surface area (Å²) in [7, 11) is -0.542. The summed E-state index contributed by atoms with van der Waals surface area (Å²) in [5, 5.41) is 0. The molecule has 1 amide bonds. The number of nitrogens with zero attached hydrogens (tertiary/aromatic N) is 1. The number of hydrogen-bond donors (Lipinski definition) is 1. The highest BCUT2D eigenvalue weighted by Crippen LogP contribution is 2.39. The van der Waals surface area contributed by atoms with Crippen molar-refractivity contribution in [3.63, 3.8) is 0 Å². The van der Waals surface area contributed by atoms with Crippen LogP contribution in [0.3, 0.4) is 0 Å². The number of methoxy groups -OCH3 is 2. The Bertz CT molecular complexity index is 1240. The summed E-state index contributed by atoms with van der Waals surface area (Å²) in [6.45, 7) is 0.601. The van der Waals surface area contributed by atoms with Crippen molar-refractivity contribution in [3.8, 4) is 11.5 Å². The van der Waals surface area contributed by atoms with E-state index in [1.54, 1.807) is 56.7 Å². The van der Waals surface area contributed by atoms with E-state index in [0.29, 0.717) is 29.3 Å². The third-order valence-corrected chi connectivity index (χ3v) is 7.12. The molecule has 0 aliphatic carbocycles. The quantitative estimate of drug-likeness (QED) is 0.555. The van der Waals surface area contributed by atoms with Gasteiger partial charge in [0, 0.05) is 23.4 Å². The number of anilines is 1. The molecule has 1 N–H and O–H groups in total. The van der Waals surface area contributed by atoms with Crippen LogP contribution in [0.1, 0.15) is 34.8 Å². The minimum Gasteiger partial charge on any atom is -0.497 e. The van der Waals surface area contributed by atoms with Gasteiger partial charge in [0.05, 0.1) is 25.2 Å². The number of rotatable bonds is 7. The highest BCUT2D eigenvalue weighted by molar-refractivity contribution is 7.92. The van der Waals surface area contributed by atoms with Gasteiger partial charge in [-0.25, -0.2) is 8.42 Å². The second-order valence-electron chi connectivity index (χ2n) is 7.76. The van der Waals surface area contributed by atoms with Crippen LogP contribution in [0.4, 0.5) is 5.69 Å². The number of carbonyl (C=O) groups excluding carboxylic acids is 1. The molecule has 1 atom stereocenters. The first-order chi connectivity index (χ1) is 15.9. The molecule has 3 aromatic rings. The fourth-order valence-corrected chi connectivity index (χ4v) is 5.20. The summed E-state index contributed by atoms with van der Waals surface area (Å²) < 4.78 is 38.8. The minimum atomic E-state index is -3.75. The predicted octanol–water partition coefficient (Wildman–Crippen LogP) is 4.48. The Morgan fingerprint density at radius 3 is 2.48 bits per heavy atom. The number of carbonyl (C=O) groups is 1. The molecule has 172 valence electrons. The summed E-state index contributed by atoms with van der Waals surface area (Å²) in [6, 6.07) is 20.1. The lowest BCUT2D eigenvalue weighted by Crippen LogP contribution is -2.30. The van der Waals surface area contributed by atoms with Crippen LogP contribution >= 0.6 is 0 Å². The van der Waals surface area contributed by atoms with Crippen LogP contribution in [0.2, 0.25) is 0 Å². The zero-order valence-electron chi connectivity index (χ0n) is 18.5. The monoisotopic (exact) mass is 466 g/mol. The Balaban J connectivity index is 1.60. The minimum absolute atomic E-state index is 0.159. The molecule has 8 heteroatoms. The third-order valence-electron chi connectivity index (χ3n) is 5.72. The standard InChI is InChI=1S/C25H26N2O5S/c1-31-20-13-14-24(32-2)22(17-20)23-12-7-15-27(23)25(28)18-8-6-9-19(16-18)26-33(29,30)21-10-4-3-5-11-21/h3-6,8-11,13-14,16-17,23,26H,7,12,15H2,1-2H3/t23-/m1/s1. The van der Waals surface area contributed by atoms with E-state index in [2.05, 4.69) is 4.72 Å². The SMILES string of the molecule is COc1ccc(OC)c([C@H]2CCCN2C(=O)c2cccc(NS(=O)(=O)c3ccccc3)c2)c1. The van der Waals surface area contributed by atoms with Gasteiger partial charge in [0.15, 0.2) is 0 Å². The largest absolute Gasteiger partial charge is 0.497 e. The molecule has 0 unspecified atom stereocenters. The van der Waals surface area contributed by atoms with Gasteiger partial charge in [-0.3, -0.25) is 9.52 Å². The number of nitrogens with one attached hydrogen (secondary N) is 1. The van der Waals surface area contributed by atoms with Crippen LogP contribution in [-0.4, -0.2) is 40.0 Å². The van der Waals surface area contributed by atoms with Crippen LogP contribution in [0.5, 0.6) is 11.5 Å². The fraction of sp³-hybridized carbons (Fsp3) is 0.240. The summed E-state index contributed by atoms with van der Waals surface area (Å²) in [4.78, 5) is 15.4. The molecule has 33 heavy (non-hydrogen) atoms. The average molecular weight is 467 g/mol. The summed E-state index contributed by atoms with van der Waals surface area (Å²) in [5.41, 5.74) is 1.64. The van der Waals surface area contributed by atoms with Crippen molar-refractivity contribution >= 4 is 21.6 Å². The average Bonchev–Trinajstić information content (AvgIpc) is 3.33. The van der Waals surface area contributed by atoms with Crippen LogP contribution in [-0.2, 0) is 10.0 Å². The zero-order chi connectivity index (χ0) is 23.4. The molecule has 0 radical (unpaired) electrons. The van der Waals surface area contributed by atoms with Crippen LogP contribution in [0, 0.1) is 0 Å². The van der Waals surface area contributed by atoms with E-state index in [-0.39, 0.29) is 16.8 Å². The van der Waals surface area contributed by atoms with Crippen LogP contribution in [0.15, 0.2) is 77.7 Å². The van der Waals surface area contributed by atoms with Gasteiger partial charge in [0.25, 0.3) is 15.9 Å². The molecule has 1 aliphatic rings. The van der Waals surface area contributed by atoms with Gasteiger partial charge < -0.3 is 14.4 Å². The molecule has 0 aromatic heterocycles. The fourth-order valence-electron chi connectivity index (χ4n) is 4.13. The molecule has 0 spiro atoms. The molecule has 7 nitrogen and oxygen atoms in total. The maximum Gasteiger partial charge on any atom is 0.261 e.